The quantitative estimate of drug-likeness (QED) is 0.377. The maximum absolute atomic E-state index is 5.95. The van der Waals surface area contributed by atoms with Crippen molar-refractivity contribution in [2.75, 3.05) is 13.6 Å². The first-order valence-corrected chi connectivity index (χ1v) is 9.21. The maximum atomic E-state index is 5.95. The van der Waals surface area contributed by atoms with Gasteiger partial charge in [-0.25, -0.2) is 0 Å². The van der Waals surface area contributed by atoms with Crippen LogP contribution in [0.2, 0.25) is 0 Å². The molecule has 1 saturated carbocycles. The lowest BCUT2D eigenvalue weighted by molar-refractivity contribution is 0.0328. The molecule has 3 aliphatic rings. The van der Waals surface area contributed by atoms with Crippen LogP contribution >= 0.6 is 11.6 Å². The molecule has 2 saturated heterocycles. The molecule has 4 heteroatoms. The first kappa shape index (κ1) is 19.1. The van der Waals surface area contributed by atoms with E-state index in [0.29, 0.717) is 0 Å². The number of nitrogens with zero attached hydrogens (tertiary/aromatic N) is 3. The van der Waals surface area contributed by atoms with Gasteiger partial charge in [0.25, 0.3) is 0 Å². The van der Waals surface area contributed by atoms with E-state index >= 15 is 0 Å². The summed E-state index contributed by atoms with van der Waals surface area (Å²) in [6, 6.07) is 0. The standard InChI is InChI=1S/C20H30ClN3/c1-7-14(2)19(23-17(5)16(4)22-12-15(3)21)20-10-8-18(9-11-20)13-24(20)6/h7,12,15,18H,1-2,8-11,13H2,3-6H3/b17-16-,22-12?,23-19?. The van der Waals surface area contributed by atoms with Gasteiger partial charge in [0.15, 0.2) is 0 Å². The van der Waals surface area contributed by atoms with Crippen LogP contribution in [-0.4, -0.2) is 41.3 Å². The van der Waals surface area contributed by atoms with Gasteiger partial charge in [0.1, 0.15) is 0 Å². The molecule has 0 aromatic rings. The summed E-state index contributed by atoms with van der Waals surface area (Å²) in [5.74, 6) is 0.836. The number of aliphatic imine (C=N–C) groups is 2. The molecular weight excluding hydrogens is 318 g/mol. The Balaban J connectivity index is 2.43. The van der Waals surface area contributed by atoms with Crippen LogP contribution in [0, 0.1) is 5.92 Å². The molecule has 1 aliphatic carbocycles. The predicted octanol–water partition coefficient (Wildman–Crippen LogP) is 4.99. The van der Waals surface area contributed by atoms with Crippen molar-refractivity contribution in [3.8, 4) is 0 Å². The molecule has 0 aromatic carbocycles. The monoisotopic (exact) mass is 347 g/mol. The van der Waals surface area contributed by atoms with Crippen molar-refractivity contribution in [2.45, 2.75) is 57.4 Å². The zero-order valence-corrected chi connectivity index (χ0v) is 16.2. The summed E-state index contributed by atoms with van der Waals surface area (Å²) in [6.45, 7) is 15.2. The van der Waals surface area contributed by atoms with Crippen LogP contribution in [0.25, 0.3) is 0 Å². The first-order valence-electron chi connectivity index (χ1n) is 8.78. The Labute approximate surface area is 151 Å². The lowest BCUT2D eigenvalue weighted by Gasteiger charge is -2.54. The normalized spacial score (nSPS) is 30.4. The van der Waals surface area contributed by atoms with Crippen LogP contribution in [0.3, 0.4) is 0 Å². The van der Waals surface area contributed by atoms with Gasteiger partial charge in [-0.05, 0) is 65.0 Å². The lowest BCUT2D eigenvalue weighted by Crippen LogP contribution is -2.61. The molecule has 1 unspecified atom stereocenters. The van der Waals surface area contributed by atoms with Crippen molar-refractivity contribution < 1.29 is 0 Å². The molecule has 2 bridgehead atoms. The molecular formula is C20H30ClN3. The highest BCUT2D eigenvalue weighted by atomic mass is 35.5. The summed E-state index contributed by atoms with van der Waals surface area (Å²) in [7, 11) is 2.22. The topological polar surface area (TPSA) is 28.0 Å². The van der Waals surface area contributed by atoms with Crippen molar-refractivity contribution in [3.05, 3.63) is 36.2 Å². The number of fused-ring (bicyclic) bond motifs is 3. The minimum atomic E-state index is -0.0855. The SMILES string of the molecule is C=CC(=C)C(=N/C(C)=C(/C)N=CC(C)Cl)C12CCC(CC1)CN2C. The summed E-state index contributed by atoms with van der Waals surface area (Å²) in [5, 5.41) is -0.0855. The van der Waals surface area contributed by atoms with E-state index in [-0.39, 0.29) is 10.9 Å². The van der Waals surface area contributed by atoms with Crippen LogP contribution in [0.1, 0.15) is 46.5 Å². The van der Waals surface area contributed by atoms with Crippen molar-refractivity contribution >= 4 is 23.5 Å². The zero-order valence-electron chi connectivity index (χ0n) is 15.5. The fraction of sp³-hybridized carbons (Fsp3) is 0.600. The Morgan fingerprint density at radius 2 is 1.92 bits per heavy atom. The number of halogens is 1. The summed E-state index contributed by atoms with van der Waals surface area (Å²) in [4.78, 5) is 11.9. The second-order valence-electron chi connectivity index (χ2n) is 7.17. The maximum Gasteiger partial charge on any atom is 0.0676 e. The van der Waals surface area contributed by atoms with E-state index in [0.717, 1.165) is 48.0 Å². The average molecular weight is 348 g/mol. The molecule has 0 radical (unpaired) electrons. The van der Waals surface area contributed by atoms with Gasteiger partial charge in [0.05, 0.1) is 28.0 Å². The number of piperidine rings is 2. The molecule has 2 heterocycles. The number of alkyl halides is 1. The molecule has 3 fully saturated rings. The third-order valence-electron chi connectivity index (χ3n) is 5.46. The second-order valence-corrected chi connectivity index (χ2v) is 7.86. The number of allylic oxidation sites excluding steroid dienone is 3. The minimum Gasteiger partial charge on any atom is -0.295 e. The van der Waals surface area contributed by atoms with Gasteiger partial charge in [-0.3, -0.25) is 14.9 Å². The Morgan fingerprint density at radius 3 is 2.42 bits per heavy atom. The van der Waals surface area contributed by atoms with E-state index in [2.05, 4.69) is 30.1 Å². The summed E-state index contributed by atoms with van der Waals surface area (Å²) in [6.07, 6.45) is 8.42. The van der Waals surface area contributed by atoms with E-state index < -0.39 is 0 Å². The molecule has 1 atom stereocenters. The number of hydrogen-bond acceptors (Lipinski definition) is 3. The van der Waals surface area contributed by atoms with Gasteiger partial charge in [-0.15, -0.1) is 11.6 Å². The van der Waals surface area contributed by atoms with Crippen molar-refractivity contribution in [1.29, 1.82) is 0 Å². The number of hydrogen-bond donors (Lipinski definition) is 0. The Kier molecular flexibility index (Phi) is 6.22. The Hall–Kier alpha value is -1.19. The van der Waals surface area contributed by atoms with Gasteiger partial charge in [0, 0.05) is 12.8 Å². The van der Waals surface area contributed by atoms with Crippen molar-refractivity contribution in [2.24, 2.45) is 15.9 Å². The average Bonchev–Trinajstić information content (AvgIpc) is 2.57. The third kappa shape index (κ3) is 3.89. The van der Waals surface area contributed by atoms with Crippen molar-refractivity contribution in [1.82, 2.24) is 4.90 Å². The Bertz CT molecular complexity index is 590. The van der Waals surface area contributed by atoms with Crippen LogP contribution < -0.4 is 0 Å². The van der Waals surface area contributed by atoms with Gasteiger partial charge >= 0.3 is 0 Å². The van der Waals surface area contributed by atoms with Gasteiger partial charge < -0.3 is 0 Å². The lowest BCUT2D eigenvalue weighted by atomic mass is 9.67. The highest BCUT2D eigenvalue weighted by Crippen LogP contribution is 2.44. The van der Waals surface area contributed by atoms with E-state index in [1.165, 1.54) is 12.8 Å². The smallest absolute Gasteiger partial charge is 0.0676 e. The molecule has 0 aromatic heterocycles. The molecule has 3 nitrogen and oxygen atoms in total. The second kappa shape index (κ2) is 7.79. The fourth-order valence-corrected chi connectivity index (χ4v) is 3.88. The Morgan fingerprint density at radius 1 is 1.29 bits per heavy atom. The third-order valence-corrected chi connectivity index (χ3v) is 5.58. The van der Waals surface area contributed by atoms with E-state index in [1.54, 1.807) is 6.21 Å². The van der Waals surface area contributed by atoms with E-state index in [1.807, 2.05) is 26.8 Å². The van der Waals surface area contributed by atoms with Gasteiger partial charge in [0.2, 0.25) is 0 Å². The highest BCUT2D eigenvalue weighted by molar-refractivity contribution is 6.27. The molecule has 132 valence electrons. The zero-order chi connectivity index (χ0) is 17.9. The minimum absolute atomic E-state index is 0.00888. The largest absolute Gasteiger partial charge is 0.295 e. The predicted molar refractivity (Wildman–Crippen MR) is 106 cm³/mol. The van der Waals surface area contributed by atoms with Crippen LogP contribution in [0.4, 0.5) is 0 Å². The molecule has 3 rings (SSSR count). The van der Waals surface area contributed by atoms with Crippen molar-refractivity contribution in [3.63, 3.8) is 0 Å². The summed E-state index contributed by atoms with van der Waals surface area (Å²) < 4.78 is 0. The summed E-state index contributed by atoms with van der Waals surface area (Å²) >= 11 is 5.95. The molecule has 0 spiro atoms. The van der Waals surface area contributed by atoms with E-state index in [9.17, 15) is 0 Å². The summed E-state index contributed by atoms with van der Waals surface area (Å²) in [5.41, 5.74) is 3.77. The van der Waals surface area contributed by atoms with Gasteiger partial charge in [-0.2, -0.15) is 0 Å². The highest BCUT2D eigenvalue weighted by Gasteiger charge is 2.48. The number of rotatable bonds is 6. The first-order chi connectivity index (χ1) is 11.3. The molecule has 0 amide bonds. The van der Waals surface area contributed by atoms with Gasteiger partial charge in [-0.1, -0.05) is 19.2 Å². The van der Waals surface area contributed by atoms with E-state index in [4.69, 9.17) is 16.6 Å². The van der Waals surface area contributed by atoms with Crippen LogP contribution in [-0.2, 0) is 0 Å². The van der Waals surface area contributed by atoms with Crippen LogP contribution in [0.5, 0.6) is 0 Å². The molecule has 2 aliphatic heterocycles. The fourth-order valence-electron chi connectivity index (χ4n) is 3.83. The van der Waals surface area contributed by atoms with Crippen LogP contribution in [0.15, 0.2) is 46.2 Å². The molecule has 0 N–H and O–H groups in total. The molecule has 24 heavy (non-hydrogen) atoms.